The quantitative estimate of drug-likeness (QED) is 0.386. The number of ketones is 2. The second-order valence-electron chi connectivity index (χ2n) is 6.31. The highest BCUT2D eigenvalue weighted by Crippen LogP contribution is 2.28. The van der Waals surface area contributed by atoms with Crippen LogP contribution >= 0.6 is 45.2 Å². The Labute approximate surface area is 169 Å². The van der Waals surface area contributed by atoms with E-state index >= 15 is 0 Å². The maximum absolute atomic E-state index is 12.1. The molecule has 124 valence electrons. The number of rotatable bonds is 2. The number of hydrogen-bond acceptors (Lipinski definition) is 2. The number of halogens is 2. The molecular weight excluding hydrogens is 526 g/mol. The largest absolute Gasteiger partial charge is 0.295 e. The second-order valence-corrected chi connectivity index (χ2v) is 8.64. The number of hydrogen-bond donors (Lipinski definition) is 0. The van der Waals surface area contributed by atoms with E-state index in [2.05, 4.69) is 69.4 Å². The highest BCUT2D eigenvalue weighted by Gasteiger charge is 2.17. The lowest BCUT2D eigenvalue weighted by Gasteiger charge is -2.17. The smallest absolute Gasteiger partial charge is 0.160 e. The van der Waals surface area contributed by atoms with E-state index in [1.54, 1.807) is 13.8 Å². The minimum absolute atomic E-state index is 0.132. The summed E-state index contributed by atoms with van der Waals surface area (Å²) in [6, 6.07) is 8.45. The molecule has 4 aliphatic carbocycles. The monoisotopic (exact) mass is 544 g/mol. The van der Waals surface area contributed by atoms with Crippen LogP contribution in [0.3, 0.4) is 0 Å². The SMILES string of the molecule is CC(=O)c1cc2c(I)cc1CCc1cc(C(C)=O)c(cc1I)CC2. The summed E-state index contributed by atoms with van der Waals surface area (Å²) in [6.07, 6.45) is 3.32. The normalized spacial score (nSPS) is 13.5. The van der Waals surface area contributed by atoms with E-state index in [1.165, 1.54) is 18.3 Å². The van der Waals surface area contributed by atoms with Crippen molar-refractivity contribution in [3.63, 3.8) is 0 Å². The molecule has 0 heterocycles. The topological polar surface area (TPSA) is 34.1 Å². The fourth-order valence-electron chi connectivity index (χ4n) is 3.31. The van der Waals surface area contributed by atoms with Crippen molar-refractivity contribution < 1.29 is 9.59 Å². The molecule has 0 saturated carbocycles. The van der Waals surface area contributed by atoms with Crippen molar-refractivity contribution in [3.05, 3.63) is 64.8 Å². The Kier molecular flexibility index (Phi) is 5.44. The van der Waals surface area contributed by atoms with Crippen molar-refractivity contribution in [2.24, 2.45) is 0 Å². The number of benzene rings is 2. The third-order valence-corrected chi connectivity index (χ3v) is 6.64. The van der Waals surface area contributed by atoms with Gasteiger partial charge in [0, 0.05) is 18.3 Å². The van der Waals surface area contributed by atoms with Crippen LogP contribution in [0.15, 0.2) is 24.3 Å². The van der Waals surface area contributed by atoms with Crippen LogP contribution in [0.4, 0.5) is 0 Å². The molecule has 2 aromatic carbocycles. The van der Waals surface area contributed by atoms with Crippen LogP contribution in [0, 0.1) is 7.14 Å². The fourth-order valence-corrected chi connectivity index (χ4v) is 4.91. The van der Waals surface area contributed by atoms with Gasteiger partial charge in [-0.2, -0.15) is 0 Å². The number of Topliss-reactive ketones (excluding diaryl/α,β-unsaturated/α-hetero) is 2. The Morgan fingerprint density at radius 3 is 1.33 bits per heavy atom. The van der Waals surface area contributed by atoms with Crippen molar-refractivity contribution in [3.8, 4) is 0 Å². The van der Waals surface area contributed by atoms with Crippen LogP contribution < -0.4 is 0 Å². The van der Waals surface area contributed by atoms with E-state index in [-0.39, 0.29) is 11.6 Å². The van der Waals surface area contributed by atoms with Gasteiger partial charge in [-0.3, -0.25) is 9.59 Å². The molecule has 0 fully saturated rings. The molecule has 4 heteroatoms. The summed E-state index contributed by atoms with van der Waals surface area (Å²) < 4.78 is 2.42. The molecule has 0 atom stereocenters. The standard InChI is InChI=1S/C20H18I2O2/c1-11(23)17-7-15-6-4-14-10-20(22)16(8-18(14)12(2)24)5-3-13(17)9-19(15)21/h7-10H,3-6H2,1-2H3. The molecule has 0 aromatic heterocycles. The van der Waals surface area contributed by atoms with Gasteiger partial charge in [-0.1, -0.05) is 0 Å². The van der Waals surface area contributed by atoms with Crippen molar-refractivity contribution in [1.82, 2.24) is 0 Å². The molecule has 2 aromatic rings. The highest BCUT2D eigenvalue weighted by atomic mass is 127. The minimum Gasteiger partial charge on any atom is -0.295 e. The summed E-state index contributed by atoms with van der Waals surface area (Å²) in [5.41, 5.74) is 6.31. The summed E-state index contributed by atoms with van der Waals surface area (Å²) in [5, 5.41) is 0. The van der Waals surface area contributed by atoms with Gasteiger partial charge < -0.3 is 0 Å². The van der Waals surface area contributed by atoms with Gasteiger partial charge in [0.25, 0.3) is 0 Å². The lowest BCUT2D eigenvalue weighted by atomic mass is 9.89. The molecule has 6 rings (SSSR count). The second kappa shape index (κ2) is 7.23. The van der Waals surface area contributed by atoms with E-state index in [1.807, 2.05) is 0 Å². The average Bonchev–Trinajstić information content (AvgIpc) is 2.50. The molecule has 0 radical (unpaired) electrons. The van der Waals surface area contributed by atoms with Crippen LogP contribution in [0.2, 0.25) is 0 Å². The molecule has 0 aliphatic heterocycles. The summed E-state index contributed by atoms with van der Waals surface area (Å²) >= 11 is 4.73. The molecule has 0 saturated heterocycles. The first kappa shape index (κ1) is 18.0. The van der Waals surface area contributed by atoms with Crippen LogP contribution in [0.1, 0.15) is 56.8 Å². The maximum Gasteiger partial charge on any atom is 0.160 e. The Hall–Kier alpha value is -0.760. The van der Waals surface area contributed by atoms with Crippen LogP contribution in [0.25, 0.3) is 0 Å². The Morgan fingerprint density at radius 1 is 0.667 bits per heavy atom. The Balaban J connectivity index is 2.16. The first-order valence-corrected chi connectivity index (χ1v) is 10.2. The molecule has 0 amide bonds. The summed E-state index contributed by atoms with van der Waals surface area (Å²) in [4.78, 5) is 24.1. The molecule has 4 aliphatic rings. The Bertz CT molecular complexity index is 782. The zero-order chi connectivity index (χ0) is 17.4. The van der Waals surface area contributed by atoms with E-state index in [4.69, 9.17) is 0 Å². The zero-order valence-corrected chi connectivity index (χ0v) is 18.0. The van der Waals surface area contributed by atoms with Crippen LogP contribution in [0.5, 0.6) is 0 Å². The average molecular weight is 544 g/mol. The van der Waals surface area contributed by atoms with Gasteiger partial charge in [-0.25, -0.2) is 0 Å². The molecule has 4 bridgehead atoms. The molecule has 0 N–H and O–H groups in total. The minimum atomic E-state index is 0.132. The predicted molar refractivity (Wildman–Crippen MR) is 113 cm³/mol. The molecule has 0 spiro atoms. The van der Waals surface area contributed by atoms with Crippen LogP contribution in [-0.4, -0.2) is 11.6 Å². The number of carbonyl (C=O) groups excluding carboxylic acids is 2. The maximum atomic E-state index is 12.1. The molecule has 0 unspecified atom stereocenters. The third-order valence-electron chi connectivity index (χ3n) is 4.63. The first-order chi connectivity index (χ1) is 11.4. The van der Waals surface area contributed by atoms with Crippen molar-refractivity contribution in [2.45, 2.75) is 39.5 Å². The third kappa shape index (κ3) is 3.59. The summed E-state index contributed by atoms with van der Waals surface area (Å²) in [5.74, 6) is 0.264. The van der Waals surface area contributed by atoms with E-state index in [9.17, 15) is 9.59 Å². The van der Waals surface area contributed by atoms with Crippen molar-refractivity contribution >= 4 is 56.7 Å². The highest BCUT2D eigenvalue weighted by molar-refractivity contribution is 14.1. The number of carbonyl (C=O) groups is 2. The van der Waals surface area contributed by atoms with Gasteiger partial charge in [-0.05, 0) is 131 Å². The van der Waals surface area contributed by atoms with Gasteiger partial charge >= 0.3 is 0 Å². The first-order valence-electron chi connectivity index (χ1n) is 8.01. The molecule has 24 heavy (non-hydrogen) atoms. The van der Waals surface area contributed by atoms with Gasteiger partial charge in [0.1, 0.15) is 0 Å². The molecule has 2 nitrogen and oxygen atoms in total. The predicted octanol–water partition coefficient (Wildman–Crippen LogP) is 5.18. The van der Waals surface area contributed by atoms with Crippen LogP contribution in [-0.2, 0) is 25.7 Å². The fraction of sp³-hybridized carbons (Fsp3) is 0.300. The zero-order valence-electron chi connectivity index (χ0n) is 13.7. The lowest BCUT2D eigenvalue weighted by Crippen LogP contribution is -2.10. The Morgan fingerprint density at radius 2 is 1.00 bits per heavy atom. The van der Waals surface area contributed by atoms with E-state index in [0.717, 1.165) is 47.9 Å². The van der Waals surface area contributed by atoms with Gasteiger partial charge in [0.15, 0.2) is 11.6 Å². The molecular formula is C20H18I2O2. The summed E-state index contributed by atoms with van der Waals surface area (Å²) in [6.45, 7) is 3.29. The van der Waals surface area contributed by atoms with Crippen molar-refractivity contribution in [2.75, 3.05) is 0 Å². The van der Waals surface area contributed by atoms with Gasteiger partial charge in [0.05, 0.1) is 0 Å². The van der Waals surface area contributed by atoms with E-state index in [0.29, 0.717) is 0 Å². The van der Waals surface area contributed by atoms with Crippen molar-refractivity contribution in [1.29, 1.82) is 0 Å². The summed E-state index contributed by atoms with van der Waals surface area (Å²) in [7, 11) is 0. The number of aryl methyl sites for hydroxylation is 4. The van der Waals surface area contributed by atoms with E-state index < -0.39 is 0 Å². The van der Waals surface area contributed by atoms with Gasteiger partial charge in [-0.15, -0.1) is 0 Å². The van der Waals surface area contributed by atoms with Gasteiger partial charge in [0.2, 0.25) is 0 Å². The lowest BCUT2D eigenvalue weighted by molar-refractivity contribution is 0.100.